The molecule has 0 aromatic rings. The molecule has 0 bridgehead atoms. The van der Waals surface area contributed by atoms with Crippen molar-refractivity contribution < 1.29 is 18.0 Å². The Morgan fingerprint density at radius 1 is 1.24 bits per heavy atom. The van der Waals surface area contributed by atoms with E-state index in [1.807, 2.05) is 0 Å². The van der Waals surface area contributed by atoms with Crippen molar-refractivity contribution >= 4 is 5.91 Å². The molecule has 0 atom stereocenters. The third-order valence-electron chi connectivity index (χ3n) is 4.77. The molecule has 3 nitrogen and oxygen atoms in total. The maximum Gasteiger partial charge on any atom is 0.412 e. The number of alkyl halides is 3. The summed E-state index contributed by atoms with van der Waals surface area (Å²) < 4.78 is 37.9. The molecule has 0 spiro atoms. The number of rotatable bonds is 2. The van der Waals surface area contributed by atoms with Crippen LogP contribution in [0.25, 0.3) is 0 Å². The molecule has 1 aliphatic carbocycles. The molecule has 0 saturated heterocycles. The summed E-state index contributed by atoms with van der Waals surface area (Å²) >= 11 is 0. The quantitative estimate of drug-likeness (QED) is 0.629. The predicted octanol–water partition coefficient (Wildman–Crippen LogP) is 3.01. The van der Waals surface area contributed by atoms with Crippen molar-refractivity contribution in [3.8, 4) is 0 Å². The highest BCUT2D eigenvalue weighted by Gasteiger charge is 2.42. The van der Waals surface area contributed by atoms with Gasteiger partial charge in [0, 0.05) is 25.2 Å². The van der Waals surface area contributed by atoms with Crippen LogP contribution in [0.15, 0.2) is 11.6 Å². The molecule has 1 amide bonds. The van der Waals surface area contributed by atoms with E-state index in [1.165, 1.54) is 0 Å². The fraction of sp³-hybridized carbons (Fsp3) is 0.800. The third kappa shape index (κ3) is 3.59. The van der Waals surface area contributed by atoms with Crippen LogP contribution in [0.5, 0.6) is 0 Å². The highest BCUT2D eigenvalue weighted by Crippen LogP contribution is 2.37. The normalized spacial score (nSPS) is 23.4. The first-order valence-corrected chi connectivity index (χ1v) is 7.65. The minimum Gasteiger partial charge on any atom is -0.338 e. The summed E-state index contributed by atoms with van der Waals surface area (Å²) in [6, 6.07) is 0. The van der Waals surface area contributed by atoms with Crippen LogP contribution in [0.2, 0.25) is 0 Å². The van der Waals surface area contributed by atoms with Gasteiger partial charge in [0.15, 0.2) is 0 Å². The lowest BCUT2D eigenvalue weighted by Crippen LogP contribution is -2.49. The monoisotopic (exact) mass is 304 g/mol. The van der Waals surface area contributed by atoms with E-state index < -0.39 is 17.2 Å². The van der Waals surface area contributed by atoms with Crippen molar-refractivity contribution in [1.82, 2.24) is 4.90 Å². The van der Waals surface area contributed by atoms with E-state index in [0.717, 1.165) is 44.6 Å². The van der Waals surface area contributed by atoms with Crippen molar-refractivity contribution in [3.63, 3.8) is 0 Å². The Labute approximate surface area is 123 Å². The van der Waals surface area contributed by atoms with Crippen LogP contribution in [-0.2, 0) is 4.79 Å². The summed E-state index contributed by atoms with van der Waals surface area (Å²) in [6.45, 7) is 0.486. The number of amides is 1. The van der Waals surface area contributed by atoms with Crippen LogP contribution in [0.1, 0.15) is 44.9 Å². The Morgan fingerprint density at radius 3 is 2.29 bits per heavy atom. The minimum absolute atomic E-state index is 0.0510. The first-order valence-electron chi connectivity index (χ1n) is 7.65. The molecule has 0 aromatic carbocycles. The second-order valence-electron chi connectivity index (χ2n) is 6.13. The molecule has 0 radical (unpaired) electrons. The predicted molar refractivity (Wildman–Crippen MR) is 74.5 cm³/mol. The summed E-state index contributed by atoms with van der Waals surface area (Å²) in [6.07, 6.45) is 2.42. The van der Waals surface area contributed by atoms with Crippen LogP contribution in [0.4, 0.5) is 13.2 Å². The second-order valence-corrected chi connectivity index (χ2v) is 6.13. The van der Waals surface area contributed by atoms with Gasteiger partial charge in [0.25, 0.3) is 0 Å². The average Bonchev–Trinajstić information content (AvgIpc) is 2.72. The van der Waals surface area contributed by atoms with Crippen LogP contribution in [0.3, 0.4) is 0 Å². The molecule has 120 valence electrons. The van der Waals surface area contributed by atoms with Crippen molar-refractivity contribution in [2.75, 3.05) is 19.6 Å². The maximum absolute atomic E-state index is 12.8. The van der Waals surface area contributed by atoms with E-state index in [2.05, 4.69) is 0 Å². The Balaban J connectivity index is 2.08. The lowest BCUT2D eigenvalue weighted by Gasteiger charge is -2.37. The number of hydrogen-bond donors (Lipinski definition) is 1. The van der Waals surface area contributed by atoms with Crippen molar-refractivity contribution in [2.45, 2.75) is 51.1 Å². The molecular weight excluding hydrogens is 281 g/mol. The van der Waals surface area contributed by atoms with Gasteiger partial charge in [-0.15, -0.1) is 0 Å². The minimum atomic E-state index is -4.27. The molecule has 2 N–H and O–H groups in total. The van der Waals surface area contributed by atoms with Gasteiger partial charge in [-0.25, -0.2) is 0 Å². The third-order valence-corrected chi connectivity index (χ3v) is 4.77. The largest absolute Gasteiger partial charge is 0.412 e. The topological polar surface area (TPSA) is 46.3 Å². The van der Waals surface area contributed by atoms with Crippen LogP contribution >= 0.6 is 0 Å². The highest BCUT2D eigenvalue weighted by molar-refractivity contribution is 5.83. The Kier molecular flexibility index (Phi) is 4.96. The van der Waals surface area contributed by atoms with Crippen LogP contribution < -0.4 is 5.73 Å². The van der Waals surface area contributed by atoms with E-state index >= 15 is 0 Å². The number of carbonyl (C=O) groups excluding carboxylic acids is 1. The summed E-state index contributed by atoms with van der Waals surface area (Å²) in [5.41, 5.74) is 4.79. The van der Waals surface area contributed by atoms with E-state index in [9.17, 15) is 18.0 Å². The number of nitrogens with two attached hydrogens (primary N) is 1. The number of hydrogen-bond acceptors (Lipinski definition) is 2. The summed E-state index contributed by atoms with van der Waals surface area (Å²) in [7, 11) is 0. The van der Waals surface area contributed by atoms with E-state index in [1.54, 1.807) is 4.90 Å². The summed E-state index contributed by atoms with van der Waals surface area (Å²) in [5.74, 6) is -0.0515. The second kappa shape index (κ2) is 6.38. The standard InChI is InChI=1S/C15H23F3N2O/c16-15(17,18)12-5-9-20(10-6-12)13(21)14(11-19)7-3-1-2-4-8-14/h5H,1-4,6-11,19H2. The fourth-order valence-corrected chi connectivity index (χ4v) is 3.36. The number of nitrogens with zero attached hydrogens (tertiary/aromatic N) is 1. The zero-order valence-corrected chi connectivity index (χ0v) is 12.2. The first kappa shape index (κ1) is 16.3. The molecule has 2 rings (SSSR count). The summed E-state index contributed by atoms with van der Waals surface area (Å²) in [5, 5.41) is 0. The molecule has 0 aromatic heterocycles. The van der Waals surface area contributed by atoms with Gasteiger partial charge in [0.2, 0.25) is 5.91 Å². The van der Waals surface area contributed by atoms with Gasteiger partial charge in [-0.3, -0.25) is 4.79 Å². The highest BCUT2D eigenvalue weighted by atomic mass is 19.4. The van der Waals surface area contributed by atoms with Gasteiger partial charge in [-0.2, -0.15) is 13.2 Å². The van der Waals surface area contributed by atoms with Gasteiger partial charge in [-0.1, -0.05) is 31.8 Å². The SMILES string of the molecule is NCC1(C(=O)N2CC=C(C(F)(F)F)CC2)CCCCCC1. The zero-order chi connectivity index (χ0) is 15.5. The lowest BCUT2D eigenvalue weighted by atomic mass is 9.78. The van der Waals surface area contributed by atoms with E-state index in [-0.39, 0.29) is 32.0 Å². The molecule has 1 heterocycles. The maximum atomic E-state index is 12.8. The summed E-state index contributed by atoms with van der Waals surface area (Å²) in [4.78, 5) is 14.3. The number of halogens is 3. The Bertz CT molecular complexity index is 410. The van der Waals surface area contributed by atoms with Crippen molar-refractivity contribution in [3.05, 3.63) is 11.6 Å². The number of carbonyl (C=O) groups is 1. The molecule has 1 saturated carbocycles. The molecular formula is C15H23F3N2O. The van der Waals surface area contributed by atoms with Gasteiger partial charge in [-0.05, 0) is 19.3 Å². The van der Waals surface area contributed by atoms with Crippen LogP contribution in [0, 0.1) is 5.41 Å². The van der Waals surface area contributed by atoms with Crippen molar-refractivity contribution in [2.24, 2.45) is 11.1 Å². The molecule has 1 fully saturated rings. The fourth-order valence-electron chi connectivity index (χ4n) is 3.36. The molecule has 2 aliphatic rings. The van der Waals surface area contributed by atoms with Gasteiger partial charge in [0.05, 0.1) is 5.41 Å². The zero-order valence-electron chi connectivity index (χ0n) is 12.2. The Morgan fingerprint density at radius 2 is 1.86 bits per heavy atom. The first-order chi connectivity index (χ1) is 9.89. The average molecular weight is 304 g/mol. The van der Waals surface area contributed by atoms with Crippen LogP contribution in [-0.4, -0.2) is 36.6 Å². The van der Waals surface area contributed by atoms with E-state index in [0.29, 0.717) is 0 Å². The smallest absolute Gasteiger partial charge is 0.338 e. The molecule has 21 heavy (non-hydrogen) atoms. The lowest BCUT2D eigenvalue weighted by molar-refractivity contribution is -0.143. The van der Waals surface area contributed by atoms with Gasteiger partial charge >= 0.3 is 6.18 Å². The van der Waals surface area contributed by atoms with Crippen molar-refractivity contribution in [1.29, 1.82) is 0 Å². The van der Waals surface area contributed by atoms with Gasteiger partial charge < -0.3 is 10.6 Å². The van der Waals surface area contributed by atoms with Gasteiger partial charge in [0.1, 0.15) is 0 Å². The van der Waals surface area contributed by atoms with E-state index in [4.69, 9.17) is 5.73 Å². The Hall–Kier alpha value is -1.04. The molecule has 1 aliphatic heterocycles. The molecule has 6 heteroatoms. The molecule has 0 unspecified atom stereocenters.